The van der Waals surface area contributed by atoms with Crippen molar-refractivity contribution >= 4 is 18.3 Å². The number of carbonyl (C=O) groups excluding carboxylic acids is 2. The Kier molecular flexibility index (Phi) is 8.41. The third-order valence-electron chi connectivity index (χ3n) is 4.94. The predicted octanol–water partition coefficient (Wildman–Crippen LogP) is 1.91. The zero-order chi connectivity index (χ0) is 20.5. The number of carboxylic acids is 1. The lowest BCUT2D eigenvalue weighted by Gasteiger charge is -2.27. The van der Waals surface area contributed by atoms with Gasteiger partial charge in [-0.3, -0.25) is 14.8 Å². The van der Waals surface area contributed by atoms with Gasteiger partial charge in [-0.2, -0.15) is 0 Å². The quantitative estimate of drug-likeness (QED) is 0.338. The summed E-state index contributed by atoms with van der Waals surface area (Å²) in [5, 5.41) is 19.5. The Hall–Kier alpha value is -2.45. The highest BCUT2D eigenvalue weighted by molar-refractivity contribution is 5.86. The highest BCUT2D eigenvalue weighted by Gasteiger charge is 2.42. The van der Waals surface area contributed by atoms with Crippen LogP contribution in [0, 0.1) is 5.92 Å². The van der Waals surface area contributed by atoms with E-state index in [0.29, 0.717) is 18.1 Å². The van der Waals surface area contributed by atoms with Gasteiger partial charge in [-0.15, -0.1) is 0 Å². The van der Waals surface area contributed by atoms with Gasteiger partial charge in [0.25, 0.3) is 0 Å². The van der Waals surface area contributed by atoms with E-state index in [0.717, 1.165) is 18.4 Å². The minimum absolute atomic E-state index is 0.152. The number of carboxylic acid groups (broad SMARTS) is 1. The Morgan fingerprint density at radius 2 is 2.07 bits per heavy atom. The van der Waals surface area contributed by atoms with Gasteiger partial charge in [-0.25, -0.2) is 9.86 Å². The first-order valence-electron chi connectivity index (χ1n) is 9.55. The number of carbonyl (C=O) groups is 3. The van der Waals surface area contributed by atoms with Crippen LogP contribution in [0.3, 0.4) is 0 Å². The molecule has 0 aliphatic carbocycles. The van der Waals surface area contributed by atoms with Crippen LogP contribution >= 0.6 is 0 Å². The van der Waals surface area contributed by atoms with Gasteiger partial charge in [0.15, 0.2) is 0 Å². The molecule has 2 unspecified atom stereocenters. The molecule has 1 heterocycles. The molecule has 0 spiro atoms. The number of hydrogen-bond donors (Lipinski definition) is 2. The molecule has 1 fully saturated rings. The van der Waals surface area contributed by atoms with Gasteiger partial charge >= 0.3 is 5.97 Å². The SMILES string of the molecule is CCCC[C@H](CN(O)C=O)C(=O)N1CC(OCc2ccccc2)CC1C(=O)O. The van der Waals surface area contributed by atoms with Crippen molar-refractivity contribution in [3.63, 3.8) is 0 Å². The molecular weight excluding hydrogens is 364 g/mol. The van der Waals surface area contributed by atoms with E-state index in [4.69, 9.17) is 4.74 Å². The zero-order valence-electron chi connectivity index (χ0n) is 16.1. The number of nitrogens with zero attached hydrogens (tertiary/aromatic N) is 2. The van der Waals surface area contributed by atoms with Crippen molar-refractivity contribution in [1.82, 2.24) is 9.96 Å². The van der Waals surface area contributed by atoms with E-state index in [2.05, 4.69) is 0 Å². The molecule has 1 aliphatic rings. The highest BCUT2D eigenvalue weighted by Crippen LogP contribution is 2.25. The number of unbranched alkanes of at least 4 members (excludes halogenated alkanes) is 1. The lowest BCUT2D eigenvalue weighted by atomic mass is 10.00. The van der Waals surface area contributed by atoms with Crippen molar-refractivity contribution in [3.05, 3.63) is 35.9 Å². The Morgan fingerprint density at radius 1 is 1.36 bits per heavy atom. The average molecular weight is 392 g/mol. The molecule has 2 rings (SSSR count). The van der Waals surface area contributed by atoms with E-state index in [1.807, 2.05) is 37.3 Å². The normalized spacial score (nSPS) is 20.0. The highest BCUT2D eigenvalue weighted by atomic mass is 16.5. The molecule has 154 valence electrons. The van der Waals surface area contributed by atoms with Gasteiger partial charge < -0.3 is 14.7 Å². The monoisotopic (exact) mass is 392 g/mol. The van der Waals surface area contributed by atoms with Crippen molar-refractivity contribution < 1.29 is 29.4 Å². The molecule has 0 radical (unpaired) electrons. The summed E-state index contributed by atoms with van der Waals surface area (Å²) in [5.74, 6) is -2.10. The fraction of sp³-hybridized carbons (Fsp3) is 0.550. The minimum Gasteiger partial charge on any atom is -0.480 e. The summed E-state index contributed by atoms with van der Waals surface area (Å²) in [6.07, 6.45) is 2.14. The van der Waals surface area contributed by atoms with Gasteiger partial charge in [0.1, 0.15) is 6.04 Å². The summed E-state index contributed by atoms with van der Waals surface area (Å²) in [6.45, 7) is 2.34. The van der Waals surface area contributed by atoms with E-state index in [1.165, 1.54) is 4.90 Å². The molecule has 1 aliphatic heterocycles. The minimum atomic E-state index is -1.08. The molecule has 8 heteroatoms. The number of rotatable bonds is 11. The fourth-order valence-electron chi connectivity index (χ4n) is 3.43. The van der Waals surface area contributed by atoms with Crippen molar-refractivity contribution in [2.45, 2.75) is 51.4 Å². The van der Waals surface area contributed by atoms with Crippen LogP contribution in [-0.2, 0) is 25.7 Å². The first-order chi connectivity index (χ1) is 13.5. The summed E-state index contributed by atoms with van der Waals surface area (Å²) in [6, 6.07) is 8.57. The summed E-state index contributed by atoms with van der Waals surface area (Å²) < 4.78 is 5.84. The van der Waals surface area contributed by atoms with Crippen molar-refractivity contribution in [3.8, 4) is 0 Å². The molecule has 0 saturated carbocycles. The van der Waals surface area contributed by atoms with Crippen molar-refractivity contribution in [1.29, 1.82) is 0 Å². The maximum absolute atomic E-state index is 13.0. The molecule has 1 aromatic carbocycles. The number of hydrogen-bond acceptors (Lipinski definition) is 5. The number of hydroxylamine groups is 2. The van der Waals surface area contributed by atoms with E-state index in [9.17, 15) is 24.7 Å². The summed E-state index contributed by atoms with van der Waals surface area (Å²) in [5.41, 5.74) is 0.974. The number of likely N-dealkylation sites (tertiary alicyclic amines) is 1. The molecule has 1 saturated heterocycles. The molecule has 1 aromatic rings. The lowest BCUT2D eigenvalue weighted by Crippen LogP contribution is -2.46. The van der Waals surface area contributed by atoms with E-state index in [-0.39, 0.29) is 37.9 Å². The third-order valence-corrected chi connectivity index (χ3v) is 4.94. The van der Waals surface area contributed by atoms with E-state index >= 15 is 0 Å². The number of amides is 2. The van der Waals surface area contributed by atoms with Gasteiger partial charge in [-0.05, 0) is 12.0 Å². The number of ether oxygens (including phenoxy) is 1. The molecule has 28 heavy (non-hydrogen) atoms. The van der Waals surface area contributed by atoms with Crippen LogP contribution in [0.4, 0.5) is 0 Å². The zero-order valence-corrected chi connectivity index (χ0v) is 16.1. The molecule has 0 aromatic heterocycles. The van der Waals surface area contributed by atoms with E-state index < -0.39 is 17.9 Å². The van der Waals surface area contributed by atoms with Crippen LogP contribution in [0.5, 0.6) is 0 Å². The number of benzene rings is 1. The second-order valence-electron chi connectivity index (χ2n) is 7.07. The predicted molar refractivity (Wildman–Crippen MR) is 100 cm³/mol. The molecule has 0 bridgehead atoms. The third kappa shape index (κ3) is 6.03. The first-order valence-corrected chi connectivity index (χ1v) is 9.55. The van der Waals surface area contributed by atoms with Crippen LogP contribution in [-0.4, -0.2) is 63.8 Å². The first kappa shape index (κ1) is 21.8. The largest absolute Gasteiger partial charge is 0.480 e. The van der Waals surface area contributed by atoms with Crippen LogP contribution in [0.2, 0.25) is 0 Å². The lowest BCUT2D eigenvalue weighted by molar-refractivity contribution is -0.159. The fourth-order valence-corrected chi connectivity index (χ4v) is 3.43. The second-order valence-corrected chi connectivity index (χ2v) is 7.07. The van der Waals surface area contributed by atoms with Crippen LogP contribution in [0.1, 0.15) is 38.2 Å². The topological polar surface area (TPSA) is 107 Å². The number of aliphatic carboxylic acids is 1. The van der Waals surface area contributed by atoms with Crippen molar-refractivity contribution in [2.75, 3.05) is 13.1 Å². The molecular formula is C20H28N2O6. The molecule has 2 amide bonds. The van der Waals surface area contributed by atoms with Gasteiger partial charge in [0.05, 0.1) is 25.2 Å². The molecule has 3 atom stereocenters. The molecule has 2 N–H and O–H groups in total. The van der Waals surface area contributed by atoms with Crippen LogP contribution < -0.4 is 0 Å². The Morgan fingerprint density at radius 3 is 2.68 bits per heavy atom. The van der Waals surface area contributed by atoms with Crippen LogP contribution in [0.25, 0.3) is 0 Å². The average Bonchev–Trinajstić information content (AvgIpc) is 3.14. The maximum atomic E-state index is 13.0. The maximum Gasteiger partial charge on any atom is 0.326 e. The summed E-state index contributed by atoms with van der Waals surface area (Å²) in [4.78, 5) is 36.7. The second kappa shape index (κ2) is 10.8. The smallest absolute Gasteiger partial charge is 0.326 e. The molecule has 8 nitrogen and oxygen atoms in total. The van der Waals surface area contributed by atoms with E-state index in [1.54, 1.807) is 0 Å². The Labute approximate surface area is 164 Å². The summed E-state index contributed by atoms with van der Waals surface area (Å²) >= 11 is 0. The van der Waals surface area contributed by atoms with Gasteiger partial charge in [-0.1, -0.05) is 50.1 Å². The summed E-state index contributed by atoms with van der Waals surface area (Å²) in [7, 11) is 0. The van der Waals surface area contributed by atoms with Gasteiger partial charge in [0.2, 0.25) is 12.3 Å². The Bertz CT molecular complexity index is 653. The van der Waals surface area contributed by atoms with Gasteiger partial charge in [0, 0.05) is 13.0 Å². The standard InChI is InChI=1S/C20H28N2O6/c1-2-3-9-16(11-21(27)14-23)19(24)22-12-17(10-18(22)20(25)26)28-13-15-7-5-4-6-8-15/h4-8,14,16-18,27H,2-3,9-13H2,1H3,(H,25,26)/t16-,17?,18?/m1/s1. The van der Waals surface area contributed by atoms with Crippen LogP contribution in [0.15, 0.2) is 30.3 Å². The Balaban J connectivity index is 2.05. The van der Waals surface area contributed by atoms with Crippen molar-refractivity contribution in [2.24, 2.45) is 5.92 Å².